The van der Waals surface area contributed by atoms with E-state index in [2.05, 4.69) is 33.4 Å². The van der Waals surface area contributed by atoms with Crippen molar-refractivity contribution >= 4 is 48.6 Å². The smallest absolute Gasteiger partial charge is 0.213 e. The fourth-order valence-electron chi connectivity index (χ4n) is 3.79. The molecule has 3 heterocycles. The quantitative estimate of drug-likeness (QED) is 0.351. The minimum absolute atomic E-state index is 0.208. The van der Waals surface area contributed by atoms with Crippen molar-refractivity contribution in [1.82, 2.24) is 0 Å². The lowest BCUT2D eigenvalue weighted by Crippen LogP contribution is -2.17. The molecule has 0 amide bonds. The summed E-state index contributed by atoms with van der Waals surface area (Å²) in [5.74, 6) is 0.614. The van der Waals surface area contributed by atoms with E-state index < -0.39 is 10.0 Å². The van der Waals surface area contributed by atoms with Gasteiger partial charge in [-0.1, -0.05) is 36.4 Å². The van der Waals surface area contributed by atoms with E-state index in [4.69, 9.17) is 9.88 Å². The molecule has 4 nitrogen and oxygen atoms in total. The highest BCUT2D eigenvalue weighted by Gasteiger charge is 2.31. The van der Waals surface area contributed by atoms with E-state index in [1.807, 2.05) is 48.5 Å². The van der Waals surface area contributed by atoms with Crippen molar-refractivity contribution < 1.29 is 13.2 Å². The molecule has 30 heavy (non-hydrogen) atoms. The van der Waals surface area contributed by atoms with Crippen LogP contribution in [0.1, 0.15) is 22.1 Å². The van der Waals surface area contributed by atoms with E-state index >= 15 is 0 Å². The van der Waals surface area contributed by atoms with Crippen LogP contribution < -0.4 is 9.88 Å². The molecule has 1 atom stereocenters. The zero-order valence-electron chi connectivity index (χ0n) is 15.5. The summed E-state index contributed by atoms with van der Waals surface area (Å²) < 4.78 is 30.9. The zero-order chi connectivity index (χ0) is 20.9. The van der Waals surface area contributed by atoms with Gasteiger partial charge >= 0.3 is 0 Å². The Morgan fingerprint density at radius 3 is 2.60 bits per heavy atom. The standard InChI is InChI=1S/C22H16BrNO3S3/c23-20-9-8-19(29-20)22-16-11-13(12-30(24,25)26)6-7-14(16)21-15(18-5-2-10-28-18)3-1-4-17(21)27-22/h1-11,22H,12H2,(H2,24,25,26). The molecule has 0 saturated heterocycles. The Morgan fingerprint density at radius 2 is 1.90 bits per heavy atom. The molecule has 0 aliphatic carbocycles. The number of sulfonamides is 1. The summed E-state index contributed by atoms with van der Waals surface area (Å²) in [5, 5.41) is 7.35. The average Bonchev–Trinajstić information content (AvgIpc) is 3.37. The van der Waals surface area contributed by atoms with Gasteiger partial charge in [0, 0.05) is 21.6 Å². The van der Waals surface area contributed by atoms with Gasteiger partial charge in [0.1, 0.15) is 5.75 Å². The van der Waals surface area contributed by atoms with E-state index in [0.717, 1.165) is 41.5 Å². The second kappa shape index (κ2) is 7.62. The molecule has 0 bridgehead atoms. The van der Waals surface area contributed by atoms with Gasteiger partial charge in [-0.05, 0) is 56.7 Å². The number of benzene rings is 2. The van der Waals surface area contributed by atoms with Gasteiger partial charge in [-0.2, -0.15) is 0 Å². The maximum atomic E-state index is 11.7. The number of hydrogen-bond donors (Lipinski definition) is 1. The number of fused-ring (bicyclic) bond motifs is 3. The van der Waals surface area contributed by atoms with Gasteiger partial charge in [0.2, 0.25) is 10.0 Å². The Hall–Kier alpha value is -1.97. The zero-order valence-corrected chi connectivity index (χ0v) is 19.6. The molecular formula is C22H16BrNO3S3. The van der Waals surface area contributed by atoms with Crippen LogP contribution in [0, 0.1) is 0 Å². The Morgan fingerprint density at radius 1 is 1.03 bits per heavy atom. The third-order valence-corrected chi connectivity index (χ3v) is 8.25. The van der Waals surface area contributed by atoms with E-state index in [9.17, 15) is 8.42 Å². The lowest BCUT2D eigenvalue weighted by atomic mass is 9.88. The number of ether oxygens (including phenoxy) is 1. The Balaban J connectivity index is 1.73. The summed E-state index contributed by atoms with van der Waals surface area (Å²) >= 11 is 6.81. The topological polar surface area (TPSA) is 69.4 Å². The van der Waals surface area contributed by atoms with Crippen LogP contribution in [0.15, 0.2) is 69.8 Å². The first-order valence-corrected chi connectivity index (χ1v) is 13.3. The minimum atomic E-state index is -3.63. The average molecular weight is 518 g/mol. The van der Waals surface area contributed by atoms with Gasteiger partial charge in [0.25, 0.3) is 0 Å². The molecule has 0 radical (unpaired) electrons. The molecule has 1 aliphatic heterocycles. The fourth-order valence-corrected chi connectivity index (χ4v) is 6.67. The van der Waals surface area contributed by atoms with Crippen molar-refractivity contribution in [2.24, 2.45) is 5.14 Å². The van der Waals surface area contributed by atoms with E-state index in [1.165, 1.54) is 0 Å². The molecule has 5 rings (SSSR count). The first kappa shape index (κ1) is 20.0. The van der Waals surface area contributed by atoms with E-state index in [-0.39, 0.29) is 11.9 Å². The maximum absolute atomic E-state index is 11.7. The molecule has 2 N–H and O–H groups in total. The van der Waals surface area contributed by atoms with Crippen LogP contribution in [0.3, 0.4) is 0 Å². The molecule has 2 aromatic carbocycles. The number of thiophene rings is 2. The minimum Gasteiger partial charge on any atom is -0.479 e. The highest BCUT2D eigenvalue weighted by Crippen LogP contribution is 2.50. The summed E-state index contributed by atoms with van der Waals surface area (Å²) in [6.45, 7) is 0. The summed E-state index contributed by atoms with van der Waals surface area (Å²) in [6, 6.07) is 20.0. The van der Waals surface area contributed by atoms with Crippen LogP contribution in [0.2, 0.25) is 0 Å². The van der Waals surface area contributed by atoms with Crippen molar-refractivity contribution in [1.29, 1.82) is 0 Å². The third-order valence-electron chi connectivity index (χ3n) is 4.95. The fraction of sp³-hybridized carbons (Fsp3) is 0.0909. The van der Waals surface area contributed by atoms with Gasteiger partial charge in [-0.25, -0.2) is 13.6 Å². The molecule has 4 aromatic rings. The van der Waals surface area contributed by atoms with E-state index in [1.54, 1.807) is 22.7 Å². The normalized spacial score (nSPS) is 15.3. The SMILES string of the molecule is NS(=O)(=O)Cc1ccc2c(c1)C(c1ccc(Br)s1)Oc1cccc(-c3cccs3)c1-2. The number of nitrogens with two attached hydrogens (primary N) is 1. The lowest BCUT2D eigenvalue weighted by molar-refractivity contribution is 0.247. The van der Waals surface area contributed by atoms with Crippen molar-refractivity contribution in [3.05, 3.63) is 85.8 Å². The highest BCUT2D eigenvalue weighted by molar-refractivity contribution is 9.11. The van der Waals surface area contributed by atoms with Gasteiger partial charge in [0.15, 0.2) is 6.10 Å². The first-order valence-electron chi connectivity index (χ1n) is 9.11. The van der Waals surface area contributed by atoms with Crippen LogP contribution >= 0.6 is 38.6 Å². The summed E-state index contributed by atoms with van der Waals surface area (Å²) in [6.07, 6.45) is -0.317. The van der Waals surface area contributed by atoms with Crippen LogP contribution in [-0.2, 0) is 15.8 Å². The van der Waals surface area contributed by atoms with Crippen LogP contribution in [0.25, 0.3) is 21.6 Å². The Labute approximate surface area is 191 Å². The number of hydrogen-bond acceptors (Lipinski definition) is 5. The van der Waals surface area contributed by atoms with E-state index in [0.29, 0.717) is 5.56 Å². The van der Waals surface area contributed by atoms with Crippen molar-refractivity contribution in [3.63, 3.8) is 0 Å². The van der Waals surface area contributed by atoms with Crippen LogP contribution in [-0.4, -0.2) is 8.42 Å². The monoisotopic (exact) mass is 517 g/mol. The lowest BCUT2D eigenvalue weighted by Gasteiger charge is -2.30. The molecule has 1 aliphatic rings. The summed E-state index contributed by atoms with van der Waals surface area (Å²) in [7, 11) is -3.63. The summed E-state index contributed by atoms with van der Waals surface area (Å²) in [5.41, 5.74) is 4.78. The van der Waals surface area contributed by atoms with Crippen molar-refractivity contribution in [3.8, 4) is 27.3 Å². The largest absolute Gasteiger partial charge is 0.479 e. The predicted molar refractivity (Wildman–Crippen MR) is 126 cm³/mol. The second-order valence-electron chi connectivity index (χ2n) is 7.02. The van der Waals surface area contributed by atoms with Gasteiger partial charge in [-0.15, -0.1) is 22.7 Å². The number of halogens is 1. The molecule has 0 saturated carbocycles. The van der Waals surface area contributed by atoms with Crippen LogP contribution in [0.4, 0.5) is 0 Å². The maximum Gasteiger partial charge on any atom is 0.213 e. The molecule has 0 fully saturated rings. The number of primary sulfonamides is 1. The van der Waals surface area contributed by atoms with Gasteiger partial charge in [0.05, 0.1) is 14.4 Å². The van der Waals surface area contributed by atoms with Crippen molar-refractivity contribution in [2.75, 3.05) is 0 Å². The predicted octanol–water partition coefficient (Wildman–Crippen LogP) is 6.18. The third kappa shape index (κ3) is 3.74. The van der Waals surface area contributed by atoms with Crippen molar-refractivity contribution in [2.45, 2.75) is 11.9 Å². The first-order chi connectivity index (χ1) is 14.4. The molecule has 2 aromatic heterocycles. The Bertz CT molecular complexity index is 1340. The highest BCUT2D eigenvalue weighted by atomic mass is 79.9. The Kier molecular flexibility index (Phi) is 5.07. The van der Waals surface area contributed by atoms with Gasteiger partial charge in [-0.3, -0.25) is 0 Å². The van der Waals surface area contributed by atoms with Gasteiger partial charge < -0.3 is 4.74 Å². The second-order valence-corrected chi connectivity index (χ2v) is 12.1. The summed E-state index contributed by atoms with van der Waals surface area (Å²) in [4.78, 5) is 2.20. The molecule has 1 unspecified atom stereocenters. The number of rotatable bonds is 4. The molecular weight excluding hydrogens is 502 g/mol. The molecule has 0 spiro atoms. The molecule has 8 heteroatoms. The molecule has 152 valence electrons. The van der Waals surface area contributed by atoms with Crippen LogP contribution in [0.5, 0.6) is 5.75 Å².